The minimum atomic E-state index is 0.354. The van der Waals surface area contributed by atoms with E-state index < -0.39 is 0 Å². The Kier molecular flexibility index (Phi) is 5.98. The highest BCUT2D eigenvalue weighted by atomic mass is 15.0. The van der Waals surface area contributed by atoms with Crippen LogP contribution in [0.3, 0.4) is 0 Å². The summed E-state index contributed by atoms with van der Waals surface area (Å²) in [6.07, 6.45) is 4.62. The number of aryl methyl sites for hydroxylation is 1. The first-order chi connectivity index (χ1) is 16.5. The molecule has 1 aliphatic heterocycles. The van der Waals surface area contributed by atoms with Crippen molar-refractivity contribution in [3.63, 3.8) is 0 Å². The SMILES string of the molecule is CCC1(C)CCNCC1Cn1ccc2nc(-c3ccc(C)cc3)c(-c3ccc(C#N)cc3)cc21. The number of hydrogen-bond donors (Lipinski definition) is 1. The van der Waals surface area contributed by atoms with Crippen LogP contribution in [0.4, 0.5) is 0 Å². The molecule has 1 N–H and O–H groups in total. The minimum absolute atomic E-state index is 0.354. The van der Waals surface area contributed by atoms with Crippen molar-refractivity contribution in [2.75, 3.05) is 13.1 Å². The highest BCUT2D eigenvalue weighted by Gasteiger charge is 2.35. The van der Waals surface area contributed by atoms with Gasteiger partial charge in [-0.3, -0.25) is 0 Å². The third-order valence-corrected chi connectivity index (χ3v) is 7.88. The zero-order valence-electron chi connectivity index (χ0n) is 20.3. The number of piperidine rings is 1. The van der Waals surface area contributed by atoms with Crippen molar-refractivity contribution >= 4 is 11.0 Å². The van der Waals surface area contributed by atoms with Crippen molar-refractivity contribution in [3.8, 4) is 28.5 Å². The molecule has 3 heterocycles. The number of nitriles is 1. The molecule has 1 saturated heterocycles. The van der Waals surface area contributed by atoms with E-state index in [0.717, 1.165) is 47.5 Å². The molecule has 2 atom stereocenters. The molecule has 0 spiro atoms. The Balaban J connectivity index is 1.63. The Bertz CT molecular complexity index is 1340. The van der Waals surface area contributed by atoms with Crippen LogP contribution in [0.25, 0.3) is 33.4 Å². The van der Waals surface area contributed by atoms with Gasteiger partial charge in [-0.2, -0.15) is 5.26 Å². The molecule has 0 radical (unpaired) electrons. The maximum absolute atomic E-state index is 9.26. The highest BCUT2D eigenvalue weighted by Crippen LogP contribution is 2.39. The minimum Gasteiger partial charge on any atom is -0.346 e. The predicted octanol–water partition coefficient (Wildman–Crippen LogP) is 6.58. The second-order valence-corrected chi connectivity index (χ2v) is 9.97. The largest absolute Gasteiger partial charge is 0.346 e. The molecule has 2 aromatic heterocycles. The van der Waals surface area contributed by atoms with Crippen molar-refractivity contribution < 1.29 is 0 Å². The fraction of sp³-hybridized carbons (Fsp3) is 0.333. The summed E-state index contributed by atoms with van der Waals surface area (Å²) in [4.78, 5) is 5.16. The fourth-order valence-corrected chi connectivity index (χ4v) is 5.23. The smallest absolute Gasteiger partial charge is 0.0991 e. The molecule has 4 nitrogen and oxygen atoms in total. The second kappa shape index (κ2) is 9.08. The van der Waals surface area contributed by atoms with Crippen LogP contribution >= 0.6 is 0 Å². The number of pyridine rings is 1. The topological polar surface area (TPSA) is 53.6 Å². The third-order valence-electron chi connectivity index (χ3n) is 7.88. The average molecular weight is 449 g/mol. The van der Waals surface area contributed by atoms with Crippen molar-refractivity contribution in [2.45, 2.75) is 40.2 Å². The number of nitrogens with zero attached hydrogens (tertiary/aromatic N) is 3. The van der Waals surface area contributed by atoms with E-state index in [-0.39, 0.29) is 0 Å². The Morgan fingerprint density at radius 3 is 2.53 bits per heavy atom. The molecule has 4 aromatic rings. The molecule has 2 aromatic carbocycles. The number of fused-ring (bicyclic) bond motifs is 1. The lowest BCUT2D eigenvalue weighted by Crippen LogP contribution is -2.45. The molecule has 1 fully saturated rings. The summed E-state index contributed by atoms with van der Waals surface area (Å²) in [7, 11) is 0. The third kappa shape index (κ3) is 4.13. The van der Waals surface area contributed by atoms with Crippen molar-refractivity contribution in [1.82, 2.24) is 14.9 Å². The van der Waals surface area contributed by atoms with E-state index in [0.29, 0.717) is 16.9 Å². The monoisotopic (exact) mass is 448 g/mol. The summed E-state index contributed by atoms with van der Waals surface area (Å²) in [5.74, 6) is 0.581. The van der Waals surface area contributed by atoms with Gasteiger partial charge in [0.05, 0.1) is 28.4 Å². The summed E-state index contributed by atoms with van der Waals surface area (Å²) in [6.45, 7) is 10.0. The standard InChI is InChI=1S/C30H32N4/c1-4-30(3)14-15-32-19-25(30)20-34-16-13-27-28(34)17-26(23-11-7-22(18-31)8-12-23)29(33-27)24-9-5-21(2)6-10-24/h5-13,16-17,25,32H,4,14-15,19-20H2,1-3H3. The quantitative estimate of drug-likeness (QED) is 0.375. The zero-order valence-corrected chi connectivity index (χ0v) is 20.3. The van der Waals surface area contributed by atoms with Crippen LogP contribution in [0.5, 0.6) is 0 Å². The molecular weight excluding hydrogens is 416 g/mol. The van der Waals surface area contributed by atoms with E-state index in [1.165, 1.54) is 23.9 Å². The maximum Gasteiger partial charge on any atom is 0.0991 e. The van der Waals surface area contributed by atoms with Crippen LogP contribution in [0.2, 0.25) is 0 Å². The van der Waals surface area contributed by atoms with Gasteiger partial charge in [-0.25, -0.2) is 4.98 Å². The second-order valence-electron chi connectivity index (χ2n) is 9.97. The molecule has 34 heavy (non-hydrogen) atoms. The van der Waals surface area contributed by atoms with Crippen molar-refractivity contribution in [3.05, 3.63) is 78.0 Å². The van der Waals surface area contributed by atoms with Crippen LogP contribution < -0.4 is 5.32 Å². The van der Waals surface area contributed by atoms with Crippen molar-refractivity contribution in [2.24, 2.45) is 11.3 Å². The molecular formula is C30H32N4. The Hall–Kier alpha value is -3.42. The molecule has 0 amide bonds. The van der Waals surface area contributed by atoms with Crippen LogP contribution in [0.1, 0.15) is 37.8 Å². The van der Waals surface area contributed by atoms with Crippen molar-refractivity contribution in [1.29, 1.82) is 5.26 Å². The molecule has 0 aliphatic carbocycles. The lowest BCUT2D eigenvalue weighted by atomic mass is 9.70. The summed E-state index contributed by atoms with van der Waals surface area (Å²) in [6, 6.07) is 23.1. The molecule has 0 bridgehead atoms. The van der Waals surface area contributed by atoms with E-state index >= 15 is 0 Å². The van der Waals surface area contributed by atoms with Gasteiger partial charge in [0.25, 0.3) is 0 Å². The Labute approximate surface area is 202 Å². The first-order valence-corrected chi connectivity index (χ1v) is 12.3. The number of aromatic nitrogens is 2. The van der Waals surface area contributed by atoms with E-state index in [1.54, 1.807) is 0 Å². The van der Waals surface area contributed by atoms with E-state index in [9.17, 15) is 5.26 Å². The van der Waals surface area contributed by atoms with Crippen LogP contribution in [0.15, 0.2) is 66.9 Å². The lowest BCUT2D eigenvalue weighted by molar-refractivity contribution is 0.109. The van der Waals surface area contributed by atoms with E-state index in [2.05, 4.69) is 79.3 Å². The normalized spacial score (nSPS) is 20.4. The van der Waals surface area contributed by atoms with E-state index in [1.807, 2.05) is 24.3 Å². The molecule has 4 heteroatoms. The van der Waals surface area contributed by atoms with Crippen LogP contribution in [-0.2, 0) is 6.54 Å². The Morgan fingerprint density at radius 2 is 1.82 bits per heavy atom. The van der Waals surface area contributed by atoms with Gasteiger partial charge in [-0.1, -0.05) is 62.2 Å². The first-order valence-electron chi connectivity index (χ1n) is 12.3. The van der Waals surface area contributed by atoms with Gasteiger partial charge in [0.1, 0.15) is 0 Å². The maximum atomic E-state index is 9.26. The Morgan fingerprint density at radius 1 is 1.09 bits per heavy atom. The van der Waals surface area contributed by atoms with Crippen LogP contribution in [-0.4, -0.2) is 22.6 Å². The van der Waals surface area contributed by atoms with E-state index in [4.69, 9.17) is 4.98 Å². The fourth-order valence-electron chi connectivity index (χ4n) is 5.23. The van der Waals surface area contributed by atoms with Crippen LogP contribution in [0, 0.1) is 29.6 Å². The summed E-state index contributed by atoms with van der Waals surface area (Å²) in [5.41, 5.74) is 8.71. The predicted molar refractivity (Wildman–Crippen MR) is 139 cm³/mol. The van der Waals surface area contributed by atoms with Gasteiger partial charge >= 0.3 is 0 Å². The number of rotatable bonds is 5. The first kappa shape index (κ1) is 22.4. The number of hydrogen-bond acceptors (Lipinski definition) is 3. The molecule has 172 valence electrons. The molecule has 2 unspecified atom stereocenters. The summed E-state index contributed by atoms with van der Waals surface area (Å²) < 4.78 is 2.39. The molecule has 1 aliphatic rings. The van der Waals surface area contributed by atoms with Gasteiger partial charge in [-0.05, 0) is 61.1 Å². The van der Waals surface area contributed by atoms with Gasteiger partial charge in [0, 0.05) is 30.4 Å². The lowest BCUT2D eigenvalue weighted by Gasteiger charge is -2.41. The number of benzene rings is 2. The summed E-state index contributed by atoms with van der Waals surface area (Å²) in [5, 5.41) is 12.9. The zero-order chi connectivity index (χ0) is 23.7. The average Bonchev–Trinajstić information content (AvgIpc) is 3.27. The highest BCUT2D eigenvalue weighted by molar-refractivity contribution is 5.90. The molecule has 0 saturated carbocycles. The molecule has 5 rings (SSSR count). The summed E-state index contributed by atoms with van der Waals surface area (Å²) >= 11 is 0. The van der Waals surface area contributed by atoms with Gasteiger partial charge < -0.3 is 9.88 Å². The van der Waals surface area contributed by atoms with Gasteiger partial charge in [0.2, 0.25) is 0 Å². The number of nitrogens with one attached hydrogen (secondary N) is 1. The van der Waals surface area contributed by atoms with Gasteiger partial charge in [-0.15, -0.1) is 0 Å². The van der Waals surface area contributed by atoms with Gasteiger partial charge in [0.15, 0.2) is 0 Å².